The molecule has 1 N–H and O–H groups in total. The molecule has 1 amide bonds. The second-order valence-corrected chi connectivity index (χ2v) is 7.25. The number of thioether (sulfide) groups is 1. The lowest BCUT2D eigenvalue weighted by molar-refractivity contribution is -0.115. The number of benzene rings is 2. The fourth-order valence-corrected chi connectivity index (χ4v) is 3.44. The molecule has 3 nitrogen and oxygen atoms in total. The van der Waals surface area contributed by atoms with Gasteiger partial charge in [0.25, 0.3) is 0 Å². The Hall–Kier alpha value is -2.14. The Balaban J connectivity index is 2.01. The molecule has 0 aliphatic carbocycles. The van der Waals surface area contributed by atoms with E-state index in [2.05, 4.69) is 5.32 Å². The lowest BCUT2D eigenvalue weighted by atomic mass is 10.1. The van der Waals surface area contributed by atoms with Crippen molar-refractivity contribution >= 4 is 29.1 Å². The molecule has 0 aromatic heterocycles. The average Bonchev–Trinajstić information content (AvgIpc) is 2.55. The molecule has 0 bridgehead atoms. The average molecular weight is 345 g/mol. The quantitative estimate of drug-likeness (QED) is 0.761. The van der Waals surface area contributed by atoms with Gasteiger partial charge in [0, 0.05) is 22.1 Å². The molecule has 126 valence electrons. The van der Waals surface area contributed by atoms with E-state index >= 15 is 0 Å². The first kappa shape index (κ1) is 18.2. The van der Waals surface area contributed by atoms with Crippen molar-refractivity contribution in [2.24, 2.45) is 0 Å². The fourth-order valence-electron chi connectivity index (χ4n) is 2.31. The van der Waals surface area contributed by atoms with Gasteiger partial charge >= 0.3 is 0 Å². The zero-order valence-corrected chi connectivity index (χ0v) is 14.7. The van der Waals surface area contributed by atoms with Gasteiger partial charge in [0.05, 0.1) is 5.25 Å². The number of Topliss-reactive ketones (excluding diaryl/α,β-unsaturated/α-hetero) is 1. The van der Waals surface area contributed by atoms with E-state index in [1.807, 2.05) is 6.92 Å². The Labute approximate surface area is 145 Å². The van der Waals surface area contributed by atoms with Gasteiger partial charge in [-0.2, -0.15) is 0 Å². The smallest absolute Gasteiger partial charge is 0.237 e. The van der Waals surface area contributed by atoms with Crippen LogP contribution in [0.3, 0.4) is 0 Å². The highest BCUT2D eigenvalue weighted by molar-refractivity contribution is 8.00. The zero-order chi connectivity index (χ0) is 17.7. The van der Waals surface area contributed by atoms with Crippen LogP contribution in [0.5, 0.6) is 0 Å². The van der Waals surface area contributed by atoms with E-state index < -0.39 is 0 Å². The molecule has 2 aromatic rings. The molecule has 0 heterocycles. The summed E-state index contributed by atoms with van der Waals surface area (Å²) in [5.41, 5.74) is 1.72. The summed E-state index contributed by atoms with van der Waals surface area (Å²) in [5.74, 6) is -0.496. The highest BCUT2D eigenvalue weighted by Gasteiger charge is 2.20. The number of ketones is 1. The van der Waals surface area contributed by atoms with Gasteiger partial charge < -0.3 is 5.32 Å². The molecule has 0 radical (unpaired) electrons. The van der Waals surface area contributed by atoms with Gasteiger partial charge in [0.2, 0.25) is 5.91 Å². The van der Waals surface area contributed by atoms with Crippen molar-refractivity contribution in [2.45, 2.75) is 31.3 Å². The molecular weight excluding hydrogens is 325 g/mol. The van der Waals surface area contributed by atoms with Crippen molar-refractivity contribution in [3.63, 3.8) is 0 Å². The third kappa shape index (κ3) is 4.68. The van der Waals surface area contributed by atoms with Crippen LogP contribution in [0, 0.1) is 5.82 Å². The zero-order valence-electron chi connectivity index (χ0n) is 13.9. The van der Waals surface area contributed by atoms with Gasteiger partial charge in [0.1, 0.15) is 5.82 Å². The lowest BCUT2D eigenvalue weighted by Gasteiger charge is -2.18. The Kier molecular flexibility index (Phi) is 6.15. The largest absolute Gasteiger partial charge is 0.325 e. The van der Waals surface area contributed by atoms with Crippen molar-refractivity contribution < 1.29 is 14.0 Å². The van der Waals surface area contributed by atoms with Gasteiger partial charge in [-0.05, 0) is 39.0 Å². The first-order valence-corrected chi connectivity index (χ1v) is 8.64. The van der Waals surface area contributed by atoms with Crippen LogP contribution in [0.4, 0.5) is 10.1 Å². The topological polar surface area (TPSA) is 46.2 Å². The molecule has 0 fully saturated rings. The maximum absolute atomic E-state index is 13.8. The monoisotopic (exact) mass is 345 g/mol. The lowest BCUT2D eigenvalue weighted by Crippen LogP contribution is -2.23. The van der Waals surface area contributed by atoms with E-state index in [-0.39, 0.29) is 28.0 Å². The predicted molar refractivity (Wildman–Crippen MR) is 96.9 cm³/mol. The van der Waals surface area contributed by atoms with Crippen LogP contribution in [0.15, 0.2) is 48.5 Å². The second kappa shape index (κ2) is 8.11. The number of anilines is 1. The maximum atomic E-state index is 13.8. The Morgan fingerprint density at radius 1 is 1.08 bits per heavy atom. The van der Waals surface area contributed by atoms with Gasteiger partial charge in [0.15, 0.2) is 5.78 Å². The minimum absolute atomic E-state index is 0.0540. The number of nitrogens with one attached hydrogen (secondary N) is 1. The Bertz CT molecular complexity index is 748. The number of carbonyl (C=O) groups is 2. The molecule has 2 atom stereocenters. The summed E-state index contributed by atoms with van der Waals surface area (Å²) < 4.78 is 13.8. The van der Waals surface area contributed by atoms with Crippen molar-refractivity contribution in [1.29, 1.82) is 0 Å². The summed E-state index contributed by atoms with van der Waals surface area (Å²) in [6.07, 6.45) is 0. The first-order valence-electron chi connectivity index (χ1n) is 7.70. The number of hydrogen-bond donors (Lipinski definition) is 1. The molecular formula is C19H20FNO2S. The molecule has 0 spiro atoms. The van der Waals surface area contributed by atoms with Gasteiger partial charge in [-0.3, -0.25) is 9.59 Å². The highest BCUT2D eigenvalue weighted by Crippen LogP contribution is 2.33. The van der Waals surface area contributed by atoms with E-state index in [0.29, 0.717) is 16.8 Å². The molecule has 0 aliphatic heterocycles. The van der Waals surface area contributed by atoms with Crippen LogP contribution in [-0.2, 0) is 4.79 Å². The van der Waals surface area contributed by atoms with E-state index in [1.165, 1.54) is 24.8 Å². The minimum Gasteiger partial charge on any atom is -0.325 e. The molecule has 24 heavy (non-hydrogen) atoms. The molecule has 5 heteroatoms. The van der Waals surface area contributed by atoms with Crippen molar-refractivity contribution in [1.82, 2.24) is 0 Å². The number of amides is 1. The SMILES string of the molecule is CC(=O)c1cccc(NC(=O)C(C)SC(C)c2ccccc2F)c1. The van der Waals surface area contributed by atoms with Crippen LogP contribution in [0.25, 0.3) is 0 Å². The third-order valence-electron chi connectivity index (χ3n) is 3.66. The third-order valence-corrected chi connectivity index (χ3v) is 4.94. The van der Waals surface area contributed by atoms with E-state index in [1.54, 1.807) is 49.4 Å². The molecule has 0 saturated heterocycles. The molecule has 2 aromatic carbocycles. The van der Waals surface area contributed by atoms with Crippen molar-refractivity contribution in [2.75, 3.05) is 5.32 Å². The number of rotatable bonds is 6. The number of hydrogen-bond acceptors (Lipinski definition) is 3. The van der Waals surface area contributed by atoms with Crippen LogP contribution >= 0.6 is 11.8 Å². The van der Waals surface area contributed by atoms with Crippen LogP contribution in [0.1, 0.15) is 41.9 Å². The van der Waals surface area contributed by atoms with Crippen molar-refractivity contribution in [3.8, 4) is 0 Å². The summed E-state index contributed by atoms with van der Waals surface area (Å²) in [7, 11) is 0. The standard InChI is InChI=1S/C19H20FNO2S/c1-12(22)15-7-6-8-16(11-15)21-19(23)14(3)24-13(2)17-9-4-5-10-18(17)20/h4-11,13-14H,1-3H3,(H,21,23). The number of carbonyl (C=O) groups excluding carboxylic acids is 2. The summed E-state index contributed by atoms with van der Waals surface area (Å²) >= 11 is 1.39. The first-order chi connectivity index (χ1) is 11.4. The Morgan fingerprint density at radius 3 is 2.46 bits per heavy atom. The second-order valence-electron chi connectivity index (χ2n) is 5.57. The number of halogens is 1. The summed E-state index contributed by atoms with van der Waals surface area (Å²) in [6, 6.07) is 13.4. The van der Waals surface area contributed by atoms with Gasteiger partial charge in [-0.15, -0.1) is 11.8 Å². The van der Waals surface area contributed by atoms with Crippen LogP contribution in [0.2, 0.25) is 0 Å². The summed E-state index contributed by atoms with van der Waals surface area (Å²) in [5, 5.41) is 2.30. The van der Waals surface area contributed by atoms with E-state index in [4.69, 9.17) is 0 Å². The van der Waals surface area contributed by atoms with Crippen LogP contribution in [-0.4, -0.2) is 16.9 Å². The normalized spacial score (nSPS) is 13.2. The fraction of sp³-hybridized carbons (Fsp3) is 0.263. The maximum Gasteiger partial charge on any atom is 0.237 e. The van der Waals surface area contributed by atoms with Crippen molar-refractivity contribution in [3.05, 3.63) is 65.5 Å². The molecule has 2 rings (SSSR count). The minimum atomic E-state index is -0.361. The molecule has 0 aliphatic rings. The molecule has 2 unspecified atom stereocenters. The van der Waals surface area contributed by atoms with Gasteiger partial charge in [-0.25, -0.2) is 4.39 Å². The molecule has 0 saturated carbocycles. The van der Waals surface area contributed by atoms with Gasteiger partial charge in [-0.1, -0.05) is 30.3 Å². The Morgan fingerprint density at radius 2 is 1.79 bits per heavy atom. The highest BCUT2D eigenvalue weighted by atomic mass is 32.2. The van der Waals surface area contributed by atoms with Crippen LogP contribution < -0.4 is 5.32 Å². The van der Waals surface area contributed by atoms with E-state index in [0.717, 1.165) is 0 Å². The predicted octanol–water partition coefficient (Wildman–Crippen LogP) is 4.85. The summed E-state index contributed by atoms with van der Waals surface area (Å²) in [6.45, 7) is 5.14. The summed E-state index contributed by atoms with van der Waals surface area (Å²) in [4.78, 5) is 23.7. The van der Waals surface area contributed by atoms with E-state index in [9.17, 15) is 14.0 Å².